The molecule has 1 saturated heterocycles. The van der Waals surface area contributed by atoms with Crippen LogP contribution in [0.25, 0.3) is 11.4 Å². The van der Waals surface area contributed by atoms with Crippen LogP contribution in [-0.4, -0.2) is 48.9 Å². The third-order valence-electron chi connectivity index (χ3n) is 4.66. The summed E-state index contributed by atoms with van der Waals surface area (Å²) in [5, 5.41) is 11.2. The number of nitrogens with zero attached hydrogens (tertiary/aromatic N) is 5. The maximum absolute atomic E-state index is 12.8. The summed E-state index contributed by atoms with van der Waals surface area (Å²) in [7, 11) is 0. The molecule has 0 radical (unpaired) electrons. The molecule has 1 fully saturated rings. The summed E-state index contributed by atoms with van der Waals surface area (Å²) in [5.41, 5.74) is 3.77. The monoisotopic (exact) mass is 336 g/mol. The molecule has 0 bridgehead atoms. The molecule has 25 heavy (non-hydrogen) atoms. The molecule has 0 spiro atoms. The number of amides is 1. The van der Waals surface area contributed by atoms with Crippen LogP contribution in [0.15, 0.2) is 36.7 Å². The normalized spacial score (nSPS) is 17.2. The average molecular weight is 336 g/mol. The molecule has 3 aromatic rings. The number of nitrogens with one attached hydrogen (secondary N) is 1. The molecule has 0 saturated carbocycles. The Balaban J connectivity index is 1.47. The molecule has 3 heterocycles. The van der Waals surface area contributed by atoms with E-state index in [0.717, 1.165) is 29.9 Å². The highest BCUT2D eigenvalue weighted by Crippen LogP contribution is 2.25. The van der Waals surface area contributed by atoms with Gasteiger partial charge in [0.05, 0.1) is 11.7 Å². The Morgan fingerprint density at radius 1 is 1.24 bits per heavy atom. The van der Waals surface area contributed by atoms with Crippen molar-refractivity contribution in [2.75, 3.05) is 13.1 Å². The number of benzene rings is 1. The second-order valence-electron chi connectivity index (χ2n) is 6.48. The van der Waals surface area contributed by atoms with Gasteiger partial charge in [-0.25, -0.2) is 4.98 Å². The minimum atomic E-state index is 0.0631. The number of hydrogen-bond acceptors (Lipinski definition) is 4. The molecule has 1 aromatic carbocycles. The second-order valence-corrected chi connectivity index (χ2v) is 6.48. The van der Waals surface area contributed by atoms with Crippen LogP contribution in [0.2, 0.25) is 0 Å². The Hall–Kier alpha value is -2.96. The third-order valence-corrected chi connectivity index (χ3v) is 4.66. The van der Waals surface area contributed by atoms with Gasteiger partial charge in [0.15, 0.2) is 5.82 Å². The Labute approximate surface area is 145 Å². The van der Waals surface area contributed by atoms with Gasteiger partial charge >= 0.3 is 0 Å². The van der Waals surface area contributed by atoms with Crippen LogP contribution in [0.4, 0.5) is 0 Å². The lowest BCUT2D eigenvalue weighted by Crippen LogP contribution is -2.29. The first-order valence-electron chi connectivity index (χ1n) is 8.39. The van der Waals surface area contributed by atoms with E-state index in [9.17, 15) is 4.79 Å². The summed E-state index contributed by atoms with van der Waals surface area (Å²) in [6.07, 6.45) is 2.40. The highest BCUT2D eigenvalue weighted by molar-refractivity contribution is 5.94. The Morgan fingerprint density at radius 2 is 2.04 bits per heavy atom. The molecule has 0 unspecified atom stereocenters. The molecule has 1 amide bonds. The van der Waals surface area contributed by atoms with Gasteiger partial charge in [0.2, 0.25) is 0 Å². The quantitative estimate of drug-likeness (QED) is 0.796. The van der Waals surface area contributed by atoms with Crippen LogP contribution in [0.3, 0.4) is 0 Å². The SMILES string of the molecule is Cc1cc(C)n([C@H]2CCN(C(=O)c3ccc(-c4ncn[nH]4)cc3)C2)n1. The molecule has 7 nitrogen and oxygen atoms in total. The average Bonchev–Trinajstić information content (AvgIpc) is 3.35. The van der Waals surface area contributed by atoms with Gasteiger partial charge in [0, 0.05) is 29.9 Å². The minimum Gasteiger partial charge on any atom is -0.336 e. The number of carbonyl (C=O) groups excluding carboxylic acids is 1. The number of aryl methyl sites for hydroxylation is 2. The number of aromatic amines is 1. The highest BCUT2D eigenvalue weighted by atomic mass is 16.2. The number of hydrogen-bond donors (Lipinski definition) is 1. The molecule has 4 rings (SSSR count). The van der Waals surface area contributed by atoms with E-state index in [-0.39, 0.29) is 11.9 Å². The molecule has 7 heteroatoms. The summed E-state index contributed by atoms with van der Waals surface area (Å²) in [6.45, 7) is 5.51. The standard InChI is InChI=1S/C18H20N6O/c1-12-9-13(2)24(22-12)16-7-8-23(10-16)18(25)15-5-3-14(4-6-15)17-19-11-20-21-17/h3-6,9,11,16H,7-8,10H2,1-2H3,(H,19,20,21)/t16-/m0/s1. The molecular formula is C18H20N6O. The maximum Gasteiger partial charge on any atom is 0.253 e. The lowest BCUT2D eigenvalue weighted by Gasteiger charge is -2.17. The number of carbonyl (C=O) groups is 1. The fourth-order valence-electron chi connectivity index (χ4n) is 3.44. The van der Waals surface area contributed by atoms with Crippen molar-refractivity contribution in [1.29, 1.82) is 0 Å². The largest absolute Gasteiger partial charge is 0.336 e. The lowest BCUT2D eigenvalue weighted by atomic mass is 10.1. The molecule has 2 aromatic heterocycles. The zero-order chi connectivity index (χ0) is 17.4. The van der Waals surface area contributed by atoms with Crippen molar-refractivity contribution in [3.8, 4) is 11.4 Å². The van der Waals surface area contributed by atoms with Crippen LogP contribution in [0.5, 0.6) is 0 Å². The van der Waals surface area contributed by atoms with E-state index in [1.54, 1.807) is 0 Å². The lowest BCUT2D eigenvalue weighted by molar-refractivity contribution is 0.0787. The molecule has 1 aliphatic rings. The van der Waals surface area contributed by atoms with E-state index in [1.165, 1.54) is 6.33 Å². The van der Waals surface area contributed by atoms with Crippen LogP contribution in [0, 0.1) is 13.8 Å². The highest BCUT2D eigenvalue weighted by Gasteiger charge is 2.29. The van der Waals surface area contributed by atoms with Crippen LogP contribution in [0.1, 0.15) is 34.2 Å². The van der Waals surface area contributed by atoms with Crippen molar-refractivity contribution in [3.63, 3.8) is 0 Å². The summed E-state index contributed by atoms with van der Waals surface area (Å²) in [6, 6.07) is 9.80. The van der Waals surface area contributed by atoms with E-state index >= 15 is 0 Å². The van der Waals surface area contributed by atoms with Gasteiger partial charge in [-0.2, -0.15) is 10.2 Å². The molecule has 1 N–H and O–H groups in total. The minimum absolute atomic E-state index is 0.0631. The van der Waals surface area contributed by atoms with Crippen LogP contribution >= 0.6 is 0 Å². The first-order valence-corrected chi connectivity index (χ1v) is 8.39. The summed E-state index contributed by atoms with van der Waals surface area (Å²) >= 11 is 0. The van der Waals surface area contributed by atoms with E-state index in [0.29, 0.717) is 17.9 Å². The zero-order valence-corrected chi connectivity index (χ0v) is 14.3. The van der Waals surface area contributed by atoms with Crippen molar-refractivity contribution in [1.82, 2.24) is 29.9 Å². The van der Waals surface area contributed by atoms with E-state index in [2.05, 4.69) is 38.0 Å². The van der Waals surface area contributed by atoms with Gasteiger partial charge < -0.3 is 4.90 Å². The molecular weight excluding hydrogens is 316 g/mol. The fourth-order valence-corrected chi connectivity index (χ4v) is 3.44. The number of likely N-dealkylation sites (tertiary alicyclic amines) is 1. The zero-order valence-electron chi connectivity index (χ0n) is 14.3. The van der Waals surface area contributed by atoms with Crippen LogP contribution in [-0.2, 0) is 0 Å². The van der Waals surface area contributed by atoms with E-state index in [4.69, 9.17) is 0 Å². The maximum atomic E-state index is 12.8. The Morgan fingerprint density at radius 3 is 2.68 bits per heavy atom. The number of rotatable bonds is 3. The third kappa shape index (κ3) is 2.93. The number of H-pyrrole nitrogens is 1. The molecule has 1 aliphatic heterocycles. The van der Waals surface area contributed by atoms with Gasteiger partial charge in [-0.05, 0) is 38.5 Å². The van der Waals surface area contributed by atoms with Gasteiger partial charge in [-0.1, -0.05) is 12.1 Å². The van der Waals surface area contributed by atoms with Crippen LogP contribution < -0.4 is 0 Å². The first kappa shape index (κ1) is 15.6. The van der Waals surface area contributed by atoms with E-state index in [1.807, 2.05) is 36.1 Å². The smallest absolute Gasteiger partial charge is 0.253 e. The summed E-state index contributed by atoms with van der Waals surface area (Å²) in [5.74, 6) is 0.762. The predicted molar refractivity (Wildman–Crippen MR) is 93.1 cm³/mol. The number of aromatic nitrogens is 5. The van der Waals surface area contributed by atoms with Crippen molar-refractivity contribution < 1.29 is 4.79 Å². The molecule has 0 aliphatic carbocycles. The Kier molecular flexibility index (Phi) is 3.83. The van der Waals surface area contributed by atoms with Gasteiger partial charge in [0.25, 0.3) is 5.91 Å². The topological polar surface area (TPSA) is 79.7 Å². The van der Waals surface area contributed by atoms with Crippen molar-refractivity contribution in [3.05, 3.63) is 53.6 Å². The van der Waals surface area contributed by atoms with Gasteiger partial charge in [-0.15, -0.1) is 0 Å². The summed E-state index contributed by atoms with van der Waals surface area (Å²) in [4.78, 5) is 18.8. The van der Waals surface area contributed by atoms with Gasteiger partial charge in [-0.3, -0.25) is 14.6 Å². The molecule has 1 atom stereocenters. The molecule has 128 valence electrons. The van der Waals surface area contributed by atoms with Crippen molar-refractivity contribution in [2.45, 2.75) is 26.3 Å². The Bertz CT molecular complexity index is 881. The second kappa shape index (κ2) is 6.16. The summed E-state index contributed by atoms with van der Waals surface area (Å²) < 4.78 is 2.05. The fraction of sp³-hybridized carbons (Fsp3) is 0.333. The predicted octanol–water partition coefficient (Wildman–Crippen LogP) is 2.37. The van der Waals surface area contributed by atoms with Crippen molar-refractivity contribution >= 4 is 5.91 Å². The van der Waals surface area contributed by atoms with Crippen molar-refractivity contribution in [2.24, 2.45) is 0 Å². The van der Waals surface area contributed by atoms with Gasteiger partial charge in [0.1, 0.15) is 6.33 Å². The first-order chi connectivity index (χ1) is 12.1. The van der Waals surface area contributed by atoms with E-state index < -0.39 is 0 Å².